The van der Waals surface area contributed by atoms with Gasteiger partial charge in [0.15, 0.2) is 5.78 Å². The standard InChI is InChI=1S/C12H10BrClO/c1-2-3-4-5-12(15)9-6-7-11(14)10(13)8-9/h1,6-8H,3-5H2. The van der Waals surface area contributed by atoms with Crippen LogP contribution < -0.4 is 0 Å². The van der Waals surface area contributed by atoms with Crippen LogP contribution in [0, 0.1) is 12.3 Å². The summed E-state index contributed by atoms with van der Waals surface area (Å²) in [6.45, 7) is 0. The number of unbranched alkanes of at least 4 members (excludes halogenated alkanes) is 1. The van der Waals surface area contributed by atoms with Crippen LogP contribution in [0.4, 0.5) is 0 Å². The molecule has 0 amide bonds. The molecule has 15 heavy (non-hydrogen) atoms. The molecule has 1 rings (SSSR count). The van der Waals surface area contributed by atoms with Gasteiger partial charge in [0.2, 0.25) is 0 Å². The third-order valence-electron chi connectivity index (χ3n) is 1.97. The van der Waals surface area contributed by atoms with E-state index in [1.54, 1.807) is 18.2 Å². The summed E-state index contributed by atoms with van der Waals surface area (Å²) in [6, 6.07) is 5.17. The molecule has 1 nitrogen and oxygen atoms in total. The van der Waals surface area contributed by atoms with E-state index in [0.717, 1.165) is 10.9 Å². The predicted octanol–water partition coefficient (Wildman–Crippen LogP) is 4.09. The minimum Gasteiger partial charge on any atom is -0.294 e. The van der Waals surface area contributed by atoms with Crippen LogP contribution in [0.15, 0.2) is 22.7 Å². The first-order valence-corrected chi connectivity index (χ1v) is 5.74. The van der Waals surface area contributed by atoms with Crippen molar-refractivity contribution < 1.29 is 4.79 Å². The van der Waals surface area contributed by atoms with Crippen molar-refractivity contribution in [3.63, 3.8) is 0 Å². The highest BCUT2D eigenvalue weighted by atomic mass is 79.9. The molecule has 0 aromatic heterocycles. The van der Waals surface area contributed by atoms with Gasteiger partial charge in [-0.25, -0.2) is 0 Å². The molecule has 0 N–H and O–H groups in total. The van der Waals surface area contributed by atoms with Crippen LogP contribution in [-0.4, -0.2) is 5.78 Å². The highest BCUT2D eigenvalue weighted by Crippen LogP contribution is 2.23. The van der Waals surface area contributed by atoms with Crippen LogP contribution in [0.5, 0.6) is 0 Å². The number of halogens is 2. The number of carbonyl (C=O) groups excluding carboxylic acids is 1. The molecule has 0 spiro atoms. The molecule has 0 bridgehead atoms. The Morgan fingerprint density at radius 2 is 2.27 bits per heavy atom. The molecular formula is C12H10BrClO. The van der Waals surface area contributed by atoms with Crippen molar-refractivity contribution in [3.05, 3.63) is 33.3 Å². The highest BCUT2D eigenvalue weighted by molar-refractivity contribution is 9.10. The molecule has 3 heteroatoms. The molecule has 78 valence electrons. The molecule has 1 aromatic carbocycles. The van der Waals surface area contributed by atoms with Gasteiger partial charge in [0, 0.05) is 22.9 Å². The topological polar surface area (TPSA) is 17.1 Å². The molecule has 0 aliphatic carbocycles. The smallest absolute Gasteiger partial charge is 0.162 e. The Morgan fingerprint density at radius 1 is 1.53 bits per heavy atom. The van der Waals surface area contributed by atoms with Crippen molar-refractivity contribution in [2.24, 2.45) is 0 Å². The number of benzene rings is 1. The fourth-order valence-corrected chi connectivity index (χ4v) is 1.66. The van der Waals surface area contributed by atoms with Crippen molar-refractivity contribution >= 4 is 33.3 Å². The van der Waals surface area contributed by atoms with Gasteiger partial charge in [-0.1, -0.05) is 11.6 Å². The number of Topliss-reactive ketones (excluding diaryl/α,β-unsaturated/α-hetero) is 1. The Bertz CT molecular complexity index is 407. The summed E-state index contributed by atoms with van der Waals surface area (Å²) in [5, 5.41) is 0.607. The molecule has 0 saturated heterocycles. The quantitative estimate of drug-likeness (QED) is 0.463. The van der Waals surface area contributed by atoms with Gasteiger partial charge in [-0.3, -0.25) is 4.79 Å². The Kier molecular flexibility index (Phi) is 4.87. The molecule has 0 heterocycles. The van der Waals surface area contributed by atoms with Crippen molar-refractivity contribution in [3.8, 4) is 12.3 Å². The number of ketones is 1. The lowest BCUT2D eigenvalue weighted by Crippen LogP contribution is -1.98. The van der Waals surface area contributed by atoms with Crippen LogP contribution in [-0.2, 0) is 0 Å². The van der Waals surface area contributed by atoms with E-state index >= 15 is 0 Å². The summed E-state index contributed by atoms with van der Waals surface area (Å²) in [4.78, 5) is 11.7. The van der Waals surface area contributed by atoms with E-state index in [1.807, 2.05) is 0 Å². The maximum atomic E-state index is 11.7. The Labute approximate surface area is 103 Å². The molecule has 0 aliphatic rings. The van der Waals surface area contributed by atoms with Crippen LogP contribution in [0.3, 0.4) is 0 Å². The summed E-state index contributed by atoms with van der Waals surface area (Å²) in [5.41, 5.74) is 0.670. The van der Waals surface area contributed by atoms with E-state index in [0.29, 0.717) is 23.4 Å². The second-order valence-electron chi connectivity index (χ2n) is 3.11. The van der Waals surface area contributed by atoms with E-state index in [1.165, 1.54) is 0 Å². The van der Waals surface area contributed by atoms with Crippen molar-refractivity contribution in [2.75, 3.05) is 0 Å². The first kappa shape index (κ1) is 12.3. The molecule has 0 atom stereocenters. The van der Waals surface area contributed by atoms with E-state index in [2.05, 4.69) is 21.9 Å². The van der Waals surface area contributed by atoms with Gasteiger partial charge in [-0.15, -0.1) is 12.3 Å². The van der Waals surface area contributed by atoms with Crippen LogP contribution in [0.1, 0.15) is 29.6 Å². The number of hydrogen-bond donors (Lipinski definition) is 0. The SMILES string of the molecule is C#CCCCC(=O)c1ccc(Cl)c(Br)c1. The second-order valence-corrected chi connectivity index (χ2v) is 4.37. The van der Waals surface area contributed by atoms with E-state index in [4.69, 9.17) is 18.0 Å². The van der Waals surface area contributed by atoms with E-state index in [-0.39, 0.29) is 5.78 Å². The second kappa shape index (κ2) is 5.95. The first-order chi connectivity index (χ1) is 7.15. The zero-order chi connectivity index (χ0) is 11.3. The van der Waals surface area contributed by atoms with Crippen molar-refractivity contribution in [1.82, 2.24) is 0 Å². The third-order valence-corrected chi connectivity index (χ3v) is 3.18. The lowest BCUT2D eigenvalue weighted by molar-refractivity contribution is 0.0980. The van der Waals surface area contributed by atoms with Crippen molar-refractivity contribution in [1.29, 1.82) is 0 Å². The molecule has 0 unspecified atom stereocenters. The number of rotatable bonds is 4. The van der Waals surface area contributed by atoms with Gasteiger partial charge in [-0.05, 0) is 40.5 Å². The Hall–Kier alpha value is -0.780. The maximum Gasteiger partial charge on any atom is 0.162 e. The summed E-state index contributed by atoms with van der Waals surface area (Å²) in [5.74, 6) is 2.61. The largest absolute Gasteiger partial charge is 0.294 e. The number of terminal acetylenes is 1. The number of hydrogen-bond acceptors (Lipinski definition) is 1. The minimum absolute atomic E-state index is 0.0996. The van der Waals surface area contributed by atoms with Gasteiger partial charge in [-0.2, -0.15) is 0 Å². The molecule has 0 fully saturated rings. The number of carbonyl (C=O) groups is 1. The summed E-state index contributed by atoms with van der Waals surface area (Å²) in [7, 11) is 0. The van der Waals surface area contributed by atoms with Gasteiger partial charge < -0.3 is 0 Å². The first-order valence-electron chi connectivity index (χ1n) is 4.57. The Balaban J connectivity index is 2.67. The average molecular weight is 286 g/mol. The zero-order valence-corrected chi connectivity index (χ0v) is 10.4. The van der Waals surface area contributed by atoms with E-state index in [9.17, 15) is 4.79 Å². The molecule has 1 aromatic rings. The molecule has 0 saturated carbocycles. The van der Waals surface area contributed by atoms with Gasteiger partial charge in [0.25, 0.3) is 0 Å². The fraction of sp³-hybridized carbons (Fsp3) is 0.250. The minimum atomic E-state index is 0.0996. The van der Waals surface area contributed by atoms with Crippen molar-refractivity contribution in [2.45, 2.75) is 19.3 Å². The molecule has 0 aliphatic heterocycles. The monoisotopic (exact) mass is 284 g/mol. The molecular weight excluding hydrogens is 275 g/mol. The summed E-state index contributed by atoms with van der Waals surface area (Å²) < 4.78 is 0.743. The third kappa shape index (κ3) is 3.70. The lowest BCUT2D eigenvalue weighted by atomic mass is 10.1. The lowest BCUT2D eigenvalue weighted by Gasteiger charge is -2.01. The fourth-order valence-electron chi connectivity index (χ4n) is 1.16. The summed E-state index contributed by atoms with van der Waals surface area (Å²) in [6.07, 6.45) is 6.97. The van der Waals surface area contributed by atoms with Gasteiger partial charge >= 0.3 is 0 Å². The van der Waals surface area contributed by atoms with Crippen LogP contribution in [0.2, 0.25) is 5.02 Å². The average Bonchev–Trinajstić information content (AvgIpc) is 2.22. The zero-order valence-electron chi connectivity index (χ0n) is 8.09. The van der Waals surface area contributed by atoms with Crippen LogP contribution >= 0.6 is 27.5 Å². The normalized spacial score (nSPS) is 9.67. The summed E-state index contributed by atoms with van der Waals surface area (Å²) >= 11 is 9.11. The van der Waals surface area contributed by atoms with Gasteiger partial charge in [0.05, 0.1) is 5.02 Å². The Morgan fingerprint density at radius 3 is 2.87 bits per heavy atom. The molecule has 0 radical (unpaired) electrons. The van der Waals surface area contributed by atoms with Crippen LogP contribution in [0.25, 0.3) is 0 Å². The highest BCUT2D eigenvalue weighted by Gasteiger charge is 2.07. The predicted molar refractivity (Wildman–Crippen MR) is 66.2 cm³/mol. The van der Waals surface area contributed by atoms with E-state index < -0.39 is 0 Å². The maximum absolute atomic E-state index is 11.7. The van der Waals surface area contributed by atoms with Gasteiger partial charge in [0.1, 0.15) is 0 Å².